The van der Waals surface area contributed by atoms with Gasteiger partial charge in [0.1, 0.15) is 11.1 Å². The van der Waals surface area contributed by atoms with E-state index in [0.717, 1.165) is 17.2 Å². The van der Waals surface area contributed by atoms with Crippen molar-refractivity contribution >= 4 is 11.3 Å². The Morgan fingerprint density at radius 2 is 2.24 bits per heavy atom. The summed E-state index contributed by atoms with van der Waals surface area (Å²) in [5, 5.41) is 4.61. The number of methoxy groups -OCH3 is 1. The van der Waals surface area contributed by atoms with Crippen LogP contribution >= 0.6 is 11.3 Å². The fraction of sp³-hybridized carbons (Fsp3) is 0.769. The molecular formula is C13H22N2OS. The minimum absolute atomic E-state index is 0.223. The molecule has 1 aromatic heterocycles. The molecule has 1 fully saturated rings. The fourth-order valence-electron chi connectivity index (χ4n) is 2.25. The van der Waals surface area contributed by atoms with Gasteiger partial charge in [-0.1, -0.05) is 6.92 Å². The van der Waals surface area contributed by atoms with Crippen molar-refractivity contribution in [3.8, 4) is 0 Å². The average molecular weight is 254 g/mol. The lowest BCUT2D eigenvalue weighted by atomic mass is 10.2. The summed E-state index contributed by atoms with van der Waals surface area (Å²) in [6, 6.07) is 0.392. The van der Waals surface area contributed by atoms with Crippen molar-refractivity contribution in [1.82, 2.24) is 10.3 Å². The van der Waals surface area contributed by atoms with Gasteiger partial charge in [0.2, 0.25) is 0 Å². The van der Waals surface area contributed by atoms with Crippen LogP contribution in [0.3, 0.4) is 0 Å². The highest BCUT2D eigenvalue weighted by Gasteiger charge is 2.35. The van der Waals surface area contributed by atoms with Crippen LogP contribution in [0.15, 0.2) is 0 Å². The first-order chi connectivity index (χ1) is 8.17. The van der Waals surface area contributed by atoms with Gasteiger partial charge in [-0.2, -0.15) is 0 Å². The van der Waals surface area contributed by atoms with Gasteiger partial charge in [-0.25, -0.2) is 4.98 Å². The third-order valence-corrected chi connectivity index (χ3v) is 4.70. The second-order valence-electron chi connectivity index (χ2n) is 4.77. The average Bonchev–Trinajstić information content (AvgIpc) is 3.04. The summed E-state index contributed by atoms with van der Waals surface area (Å²) in [5.41, 5.74) is 1.15. The number of hydrogen-bond donors (Lipinski definition) is 1. The number of rotatable bonds is 6. The molecule has 17 heavy (non-hydrogen) atoms. The van der Waals surface area contributed by atoms with E-state index in [1.54, 1.807) is 7.11 Å². The third-order valence-electron chi connectivity index (χ3n) is 3.30. The Morgan fingerprint density at radius 3 is 2.76 bits per heavy atom. The molecule has 2 unspecified atom stereocenters. The van der Waals surface area contributed by atoms with Crippen LogP contribution in [0.1, 0.15) is 54.4 Å². The highest BCUT2D eigenvalue weighted by Crippen LogP contribution is 2.44. The summed E-state index contributed by atoms with van der Waals surface area (Å²) in [7, 11) is 1.80. The second kappa shape index (κ2) is 5.46. The topological polar surface area (TPSA) is 34.1 Å². The van der Waals surface area contributed by atoms with Gasteiger partial charge in [-0.3, -0.25) is 0 Å². The Hall–Kier alpha value is -0.450. The van der Waals surface area contributed by atoms with Gasteiger partial charge in [0.25, 0.3) is 0 Å². The zero-order chi connectivity index (χ0) is 12.4. The van der Waals surface area contributed by atoms with Crippen LogP contribution in [0.4, 0.5) is 0 Å². The first-order valence-corrected chi connectivity index (χ1v) is 7.22. The molecule has 1 heterocycles. The Bertz CT molecular complexity index is 373. The van der Waals surface area contributed by atoms with Crippen LogP contribution in [0.2, 0.25) is 0 Å². The second-order valence-corrected chi connectivity index (χ2v) is 5.84. The van der Waals surface area contributed by atoms with E-state index in [1.165, 1.54) is 17.7 Å². The first kappa shape index (κ1) is 13.0. The lowest BCUT2D eigenvalue weighted by molar-refractivity contribution is 0.0843. The summed E-state index contributed by atoms with van der Waals surface area (Å²) in [6.07, 6.45) is 2.80. The number of thiazole rings is 1. The van der Waals surface area contributed by atoms with Gasteiger partial charge in [0.05, 0.1) is 5.69 Å². The minimum Gasteiger partial charge on any atom is -0.374 e. The van der Waals surface area contributed by atoms with E-state index in [2.05, 4.69) is 26.1 Å². The van der Waals surface area contributed by atoms with Crippen molar-refractivity contribution in [3.63, 3.8) is 0 Å². The van der Waals surface area contributed by atoms with Crippen LogP contribution in [0, 0.1) is 12.8 Å². The van der Waals surface area contributed by atoms with Crippen molar-refractivity contribution in [2.75, 3.05) is 13.7 Å². The molecule has 96 valence electrons. The molecule has 0 spiro atoms. The predicted molar refractivity (Wildman–Crippen MR) is 71.4 cm³/mol. The Labute approximate surface area is 108 Å². The monoisotopic (exact) mass is 254 g/mol. The number of nitrogens with one attached hydrogen (secondary N) is 1. The summed E-state index contributed by atoms with van der Waals surface area (Å²) in [5.74, 6) is 0.702. The third kappa shape index (κ3) is 2.87. The molecule has 0 bridgehead atoms. The molecule has 0 aromatic carbocycles. The molecule has 0 amide bonds. The molecule has 0 saturated heterocycles. The maximum Gasteiger partial charge on any atom is 0.122 e. The summed E-state index contributed by atoms with van der Waals surface area (Å²) in [6.45, 7) is 7.43. The molecule has 1 saturated carbocycles. The highest BCUT2D eigenvalue weighted by atomic mass is 32.1. The molecule has 0 radical (unpaired) electrons. The van der Waals surface area contributed by atoms with Gasteiger partial charge >= 0.3 is 0 Å². The molecular weight excluding hydrogens is 232 g/mol. The molecule has 1 N–H and O–H groups in total. The minimum atomic E-state index is 0.223. The Kier molecular flexibility index (Phi) is 4.17. The van der Waals surface area contributed by atoms with E-state index in [1.807, 2.05) is 11.3 Å². The van der Waals surface area contributed by atoms with E-state index in [9.17, 15) is 0 Å². The van der Waals surface area contributed by atoms with Crippen molar-refractivity contribution in [1.29, 1.82) is 0 Å². The van der Waals surface area contributed by atoms with Crippen molar-refractivity contribution in [2.45, 2.75) is 45.8 Å². The molecule has 3 nitrogen and oxygen atoms in total. The number of aryl methyl sites for hydroxylation is 1. The summed E-state index contributed by atoms with van der Waals surface area (Å²) < 4.78 is 5.60. The van der Waals surface area contributed by atoms with Crippen LogP contribution in [-0.2, 0) is 4.74 Å². The largest absolute Gasteiger partial charge is 0.374 e. The lowest BCUT2D eigenvalue weighted by Crippen LogP contribution is -2.17. The number of ether oxygens (including phenoxy) is 1. The Balaban J connectivity index is 2.16. The van der Waals surface area contributed by atoms with Crippen molar-refractivity contribution in [3.05, 3.63) is 15.6 Å². The zero-order valence-corrected chi connectivity index (χ0v) is 11.9. The van der Waals surface area contributed by atoms with Crippen LogP contribution in [-0.4, -0.2) is 18.6 Å². The SMILES string of the molecule is CCNC(C)c1sc(C(OC)C2CC2)nc1C. The normalized spacial score (nSPS) is 19.3. The molecule has 2 atom stereocenters. The molecule has 4 heteroatoms. The first-order valence-electron chi connectivity index (χ1n) is 6.40. The van der Waals surface area contributed by atoms with E-state index in [0.29, 0.717) is 12.0 Å². The predicted octanol–water partition coefficient (Wildman–Crippen LogP) is 3.22. The maximum absolute atomic E-state index is 5.60. The van der Waals surface area contributed by atoms with E-state index in [4.69, 9.17) is 9.72 Å². The number of aromatic nitrogens is 1. The number of nitrogens with zero attached hydrogens (tertiary/aromatic N) is 1. The van der Waals surface area contributed by atoms with E-state index >= 15 is 0 Å². The smallest absolute Gasteiger partial charge is 0.122 e. The number of hydrogen-bond acceptors (Lipinski definition) is 4. The maximum atomic E-state index is 5.60. The van der Waals surface area contributed by atoms with Crippen molar-refractivity contribution in [2.24, 2.45) is 5.92 Å². The van der Waals surface area contributed by atoms with Crippen LogP contribution in [0.25, 0.3) is 0 Å². The highest BCUT2D eigenvalue weighted by molar-refractivity contribution is 7.11. The summed E-state index contributed by atoms with van der Waals surface area (Å²) in [4.78, 5) is 6.05. The van der Waals surface area contributed by atoms with Gasteiger partial charge in [-0.05, 0) is 39.2 Å². The zero-order valence-electron chi connectivity index (χ0n) is 11.1. The van der Waals surface area contributed by atoms with E-state index < -0.39 is 0 Å². The molecule has 1 aliphatic rings. The standard InChI is InChI=1S/C13H22N2OS/c1-5-14-8(2)12-9(3)15-13(17-12)11(16-4)10-6-7-10/h8,10-11,14H,5-7H2,1-4H3. The Morgan fingerprint density at radius 1 is 1.53 bits per heavy atom. The molecule has 2 rings (SSSR count). The van der Waals surface area contributed by atoms with Gasteiger partial charge < -0.3 is 10.1 Å². The fourth-order valence-corrected chi connectivity index (χ4v) is 3.51. The summed E-state index contributed by atoms with van der Waals surface area (Å²) >= 11 is 1.81. The van der Waals surface area contributed by atoms with Gasteiger partial charge in [0.15, 0.2) is 0 Å². The van der Waals surface area contributed by atoms with E-state index in [-0.39, 0.29) is 6.10 Å². The molecule has 1 aliphatic carbocycles. The quantitative estimate of drug-likeness (QED) is 0.846. The van der Waals surface area contributed by atoms with Gasteiger partial charge in [-0.15, -0.1) is 11.3 Å². The molecule has 1 aromatic rings. The molecule has 0 aliphatic heterocycles. The van der Waals surface area contributed by atoms with Crippen LogP contribution in [0.5, 0.6) is 0 Å². The van der Waals surface area contributed by atoms with Gasteiger partial charge in [0, 0.05) is 18.0 Å². The van der Waals surface area contributed by atoms with Crippen LogP contribution < -0.4 is 5.32 Å². The van der Waals surface area contributed by atoms with Crippen molar-refractivity contribution < 1.29 is 4.74 Å². The lowest BCUT2D eigenvalue weighted by Gasteiger charge is -2.11.